The van der Waals surface area contributed by atoms with Gasteiger partial charge in [-0.15, -0.1) is 0 Å². The molecule has 0 bridgehead atoms. The summed E-state index contributed by atoms with van der Waals surface area (Å²) in [6.45, 7) is 6.83. The second-order valence-corrected chi connectivity index (χ2v) is 6.49. The molecule has 2 aromatic heterocycles. The van der Waals surface area contributed by atoms with E-state index in [1.165, 1.54) is 0 Å². The highest BCUT2D eigenvalue weighted by Gasteiger charge is 2.14. The third kappa shape index (κ3) is 3.50. The number of halogens is 1. The van der Waals surface area contributed by atoms with E-state index in [1.54, 1.807) is 18.5 Å². The number of nitrogens with zero attached hydrogens (tertiary/aromatic N) is 2. The van der Waals surface area contributed by atoms with Crippen molar-refractivity contribution in [1.82, 2.24) is 15.3 Å². The van der Waals surface area contributed by atoms with Crippen molar-refractivity contribution in [3.05, 3.63) is 34.7 Å². The zero-order valence-electron chi connectivity index (χ0n) is 11.2. The van der Waals surface area contributed by atoms with Crippen molar-refractivity contribution in [2.24, 2.45) is 5.41 Å². The second kappa shape index (κ2) is 5.25. The van der Waals surface area contributed by atoms with E-state index in [9.17, 15) is 4.79 Å². The highest BCUT2D eigenvalue weighted by Crippen LogP contribution is 2.20. The molecule has 0 aliphatic carbocycles. The summed E-state index contributed by atoms with van der Waals surface area (Å²) in [5.41, 5.74) is 1.22. The van der Waals surface area contributed by atoms with Gasteiger partial charge in [-0.25, -0.2) is 4.98 Å². The number of carbonyl (C=O) groups is 1. The molecule has 4 nitrogen and oxygen atoms in total. The first-order chi connectivity index (χ1) is 8.87. The number of rotatable bonds is 2. The van der Waals surface area contributed by atoms with Crippen molar-refractivity contribution < 1.29 is 4.79 Å². The molecule has 0 aliphatic rings. The van der Waals surface area contributed by atoms with Gasteiger partial charge in [0.25, 0.3) is 5.91 Å². The van der Waals surface area contributed by atoms with Gasteiger partial charge in [-0.3, -0.25) is 9.78 Å². The van der Waals surface area contributed by atoms with Crippen molar-refractivity contribution in [3.8, 4) is 0 Å². The van der Waals surface area contributed by atoms with E-state index in [4.69, 9.17) is 0 Å². The van der Waals surface area contributed by atoms with E-state index in [0.717, 1.165) is 15.4 Å². The van der Waals surface area contributed by atoms with E-state index < -0.39 is 0 Å². The van der Waals surface area contributed by atoms with Crippen molar-refractivity contribution in [3.63, 3.8) is 0 Å². The fraction of sp³-hybridized carbons (Fsp3) is 0.357. The molecule has 2 aromatic rings. The summed E-state index contributed by atoms with van der Waals surface area (Å²) in [6, 6.07) is 3.57. The predicted octanol–water partition coefficient (Wildman–Crippen LogP) is 3.17. The van der Waals surface area contributed by atoms with Crippen LogP contribution in [0.1, 0.15) is 31.3 Å². The molecule has 1 amide bonds. The van der Waals surface area contributed by atoms with Gasteiger partial charge >= 0.3 is 0 Å². The summed E-state index contributed by atoms with van der Waals surface area (Å²) in [5, 5.41) is 3.80. The average Bonchev–Trinajstić information content (AvgIpc) is 2.35. The van der Waals surface area contributed by atoms with Crippen molar-refractivity contribution in [2.75, 3.05) is 6.54 Å². The van der Waals surface area contributed by atoms with Crippen molar-refractivity contribution in [2.45, 2.75) is 20.8 Å². The molecule has 2 heterocycles. The molecule has 2 rings (SSSR count). The third-order valence-electron chi connectivity index (χ3n) is 2.57. The van der Waals surface area contributed by atoms with E-state index in [1.807, 2.05) is 6.07 Å². The van der Waals surface area contributed by atoms with Gasteiger partial charge in [0, 0.05) is 24.3 Å². The van der Waals surface area contributed by atoms with Gasteiger partial charge in [0.1, 0.15) is 5.69 Å². The van der Waals surface area contributed by atoms with Gasteiger partial charge in [0.2, 0.25) is 0 Å². The van der Waals surface area contributed by atoms with Crippen LogP contribution in [0.15, 0.2) is 29.0 Å². The SMILES string of the molecule is CC(C)(C)CNC(=O)c1ccc2cncc(Br)c2n1. The van der Waals surface area contributed by atoms with Crippen LogP contribution in [0.2, 0.25) is 0 Å². The summed E-state index contributed by atoms with van der Waals surface area (Å²) in [7, 11) is 0. The monoisotopic (exact) mass is 321 g/mol. The minimum Gasteiger partial charge on any atom is -0.350 e. The van der Waals surface area contributed by atoms with Gasteiger partial charge in [-0.05, 0) is 33.5 Å². The number of hydrogen-bond donors (Lipinski definition) is 1. The lowest BCUT2D eigenvalue weighted by Crippen LogP contribution is -2.32. The first-order valence-corrected chi connectivity index (χ1v) is 6.84. The minimum absolute atomic E-state index is 0.0526. The van der Waals surface area contributed by atoms with Crippen LogP contribution in [-0.4, -0.2) is 22.4 Å². The number of amides is 1. The van der Waals surface area contributed by atoms with Crippen LogP contribution in [0, 0.1) is 5.41 Å². The zero-order chi connectivity index (χ0) is 14.0. The first-order valence-electron chi connectivity index (χ1n) is 6.05. The molecule has 19 heavy (non-hydrogen) atoms. The van der Waals surface area contributed by atoms with Crippen LogP contribution < -0.4 is 5.32 Å². The largest absolute Gasteiger partial charge is 0.350 e. The minimum atomic E-state index is -0.152. The van der Waals surface area contributed by atoms with Gasteiger partial charge < -0.3 is 5.32 Å². The molecule has 0 spiro atoms. The maximum Gasteiger partial charge on any atom is 0.269 e. The van der Waals surface area contributed by atoms with E-state index in [-0.39, 0.29) is 11.3 Å². The molecule has 0 saturated heterocycles. The lowest BCUT2D eigenvalue weighted by molar-refractivity contribution is 0.0934. The van der Waals surface area contributed by atoms with Crippen LogP contribution in [0.5, 0.6) is 0 Å². The van der Waals surface area contributed by atoms with Gasteiger partial charge in [0.05, 0.1) is 9.99 Å². The number of hydrogen-bond acceptors (Lipinski definition) is 3. The number of fused-ring (bicyclic) bond motifs is 1. The normalized spacial score (nSPS) is 11.6. The summed E-state index contributed by atoms with van der Waals surface area (Å²) in [4.78, 5) is 20.5. The number of nitrogens with one attached hydrogen (secondary N) is 1. The van der Waals surface area contributed by atoms with Gasteiger partial charge in [0.15, 0.2) is 0 Å². The molecular weight excluding hydrogens is 306 g/mol. The molecule has 0 unspecified atom stereocenters. The Morgan fingerprint density at radius 1 is 1.32 bits per heavy atom. The maximum absolute atomic E-state index is 12.0. The van der Waals surface area contributed by atoms with E-state index in [0.29, 0.717) is 12.2 Å². The second-order valence-electron chi connectivity index (χ2n) is 5.63. The van der Waals surface area contributed by atoms with Crippen LogP contribution in [0.25, 0.3) is 10.9 Å². The van der Waals surface area contributed by atoms with Crippen LogP contribution in [-0.2, 0) is 0 Å². The molecule has 5 heteroatoms. The topological polar surface area (TPSA) is 54.9 Å². The Bertz CT molecular complexity index is 620. The Balaban J connectivity index is 2.26. The third-order valence-corrected chi connectivity index (χ3v) is 3.15. The Morgan fingerprint density at radius 3 is 2.74 bits per heavy atom. The predicted molar refractivity (Wildman–Crippen MR) is 79.0 cm³/mol. The Morgan fingerprint density at radius 2 is 2.05 bits per heavy atom. The summed E-state index contributed by atoms with van der Waals surface area (Å²) >= 11 is 3.39. The van der Waals surface area contributed by atoms with Gasteiger partial charge in [-0.2, -0.15) is 0 Å². The fourth-order valence-electron chi connectivity index (χ4n) is 1.57. The summed E-state index contributed by atoms with van der Waals surface area (Å²) < 4.78 is 0.787. The fourth-order valence-corrected chi connectivity index (χ4v) is 2.01. The number of aromatic nitrogens is 2. The standard InChI is InChI=1S/C14H16BrN3O/c1-14(2,3)8-17-13(19)11-5-4-9-6-16-7-10(15)12(9)18-11/h4-7H,8H2,1-3H3,(H,17,19). The highest BCUT2D eigenvalue weighted by molar-refractivity contribution is 9.10. The molecule has 100 valence electrons. The molecule has 0 atom stereocenters. The average molecular weight is 322 g/mol. The lowest BCUT2D eigenvalue weighted by atomic mass is 9.97. The van der Waals surface area contributed by atoms with Crippen LogP contribution >= 0.6 is 15.9 Å². The van der Waals surface area contributed by atoms with Crippen molar-refractivity contribution >= 4 is 32.7 Å². The first kappa shape index (κ1) is 13.9. The Kier molecular flexibility index (Phi) is 3.85. The quantitative estimate of drug-likeness (QED) is 0.924. The van der Waals surface area contributed by atoms with E-state index in [2.05, 4.69) is 52.0 Å². The van der Waals surface area contributed by atoms with E-state index >= 15 is 0 Å². The molecule has 0 fully saturated rings. The van der Waals surface area contributed by atoms with Gasteiger partial charge in [-0.1, -0.05) is 20.8 Å². The molecule has 0 aromatic carbocycles. The number of carbonyl (C=O) groups excluding carboxylic acids is 1. The lowest BCUT2D eigenvalue weighted by Gasteiger charge is -2.18. The highest BCUT2D eigenvalue weighted by atomic mass is 79.9. The Hall–Kier alpha value is -1.49. The van der Waals surface area contributed by atoms with Crippen LogP contribution in [0.4, 0.5) is 0 Å². The maximum atomic E-state index is 12.0. The zero-order valence-corrected chi connectivity index (χ0v) is 12.8. The van der Waals surface area contributed by atoms with Crippen LogP contribution in [0.3, 0.4) is 0 Å². The smallest absolute Gasteiger partial charge is 0.269 e. The summed E-state index contributed by atoms with van der Waals surface area (Å²) in [5.74, 6) is -0.152. The molecule has 0 aliphatic heterocycles. The summed E-state index contributed by atoms with van der Waals surface area (Å²) in [6.07, 6.45) is 3.40. The molecule has 0 saturated carbocycles. The number of pyridine rings is 2. The molecule has 0 radical (unpaired) electrons. The molecular formula is C14H16BrN3O. The van der Waals surface area contributed by atoms with Crippen molar-refractivity contribution in [1.29, 1.82) is 0 Å². The Labute approximate surface area is 120 Å². The molecule has 1 N–H and O–H groups in total.